The molecule has 0 saturated heterocycles. The molecule has 0 bridgehead atoms. The average Bonchev–Trinajstić information content (AvgIpc) is 3.25. The van der Waals surface area contributed by atoms with Crippen molar-refractivity contribution in [2.45, 2.75) is 38.1 Å². The fourth-order valence-electron chi connectivity index (χ4n) is 5.59. The zero-order valence-electron chi connectivity index (χ0n) is 18.5. The highest BCUT2D eigenvalue weighted by molar-refractivity contribution is 5.82. The Hall–Kier alpha value is -3.35. The number of hydrogen-bond acceptors (Lipinski definition) is 4. The molecule has 0 aromatic heterocycles. The molecule has 0 spiro atoms. The van der Waals surface area contributed by atoms with Crippen LogP contribution >= 0.6 is 0 Å². The van der Waals surface area contributed by atoms with Crippen LogP contribution in [0.4, 0.5) is 4.79 Å². The summed E-state index contributed by atoms with van der Waals surface area (Å²) in [5, 5.41) is 15.0. The van der Waals surface area contributed by atoms with Crippen LogP contribution < -0.4 is 10.6 Å². The second-order valence-electron chi connectivity index (χ2n) is 9.62. The number of hydrogen-bond donors (Lipinski definition) is 3. The van der Waals surface area contributed by atoms with E-state index in [2.05, 4.69) is 34.9 Å². The van der Waals surface area contributed by atoms with Crippen LogP contribution in [0.3, 0.4) is 0 Å². The molecule has 0 radical (unpaired) electrons. The van der Waals surface area contributed by atoms with Crippen LogP contribution in [0.15, 0.2) is 48.5 Å². The monoisotopic (exact) mass is 448 g/mol. The van der Waals surface area contributed by atoms with Crippen molar-refractivity contribution >= 4 is 18.0 Å². The summed E-state index contributed by atoms with van der Waals surface area (Å²) in [5.41, 5.74) is 4.00. The summed E-state index contributed by atoms with van der Waals surface area (Å²) >= 11 is 0. The summed E-state index contributed by atoms with van der Waals surface area (Å²) in [6, 6.07) is 16.2. The molecule has 2 aromatic carbocycles. The number of ether oxygens (including phenoxy) is 1. The lowest BCUT2D eigenvalue weighted by Gasteiger charge is -2.19. The highest BCUT2D eigenvalue weighted by Crippen LogP contribution is 2.63. The molecule has 3 aliphatic rings. The Morgan fingerprint density at radius 1 is 1.06 bits per heavy atom. The van der Waals surface area contributed by atoms with Crippen LogP contribution in [0.1, 0.15) is 43.2 Å². The lowest BCUT2D eigenvalue weighted by Crippen LogP contribution is -2.42. The van der Waals surface area contributed by atoms with Gasteiger partial charge in [0.25, 0.3) is 0 Å². The van der Waals surface area contributed by atoms with E-state index < -0.39 is 23.4 Å². The second-order valence-corrected chi connectivity index (χ2v) is 9.62. The quantitative estimate of drug-likeness (QED) is 0.601. The first-order chi connectivity index (χ1) is 15.9. The van der Waals surface area contributed by atoms with Gasteiger partial charge in [-0.1, -0.05) is 55.5 Å². The van der Waals surface area contributed by atoms with Crippen LogP contribution in [0.5, 0.6) is 0 Å². The Balaban J connectivity index is 1.10. The maximum absolute atomic E-state index is 12.5. The van der Waals surface area contributed by atoms with Gasteiger partial charge in [0.05, 0.1) is 11.3 Å². The standard InChI is InChI=1S/C26H28N2O5/c1-15(23(29)28-17-10-16-11-26(16,12-17)24(30)31)13-27-25(32)33-14-22-20-8-4-2-6-18(20)19-7-3-5-9-21(19)22/h2-9,15-17,22H,10-14H2,1H3,(H,27,32)(H,28,29)(H,30,31)/t15?,16-,17+,26+/m0/s1. The van der Waals surface area contributed by atoms with Gasteiger partial charge >= 0.3 is 12.1 Å². The maximum Gasteiger partial charge on any atom is 0.407 e. The van der Waals surface area contributed by atoms with Crippen LogP contribution in [0, 0.1) is 17.3 Å². The van der Waals surface area contributed by atoms with E-state index in [0.29, 0.717) is 19.3 Å². The first-order valence-electron chi connectivity index (χ1n) is 11.5. The SMILES string of the molecule is CC(CNC(=O)OCC1c2ccccc2-c2ccccc21)C(=O)N[C@@H]1C[C@H]2C[C@@]2(C(=O)O)C1. The topological polar surface area (TPSA) is 105 Å². The number of carboxylic acids is 1. The first kappa shape index (κ1) is 21.5. The van der Waals surface area contributed by atoms with Crippen molar-refractivity contribution in [1.29, 1.82) is 0 Å². The van der Waals surface area contributed by atoms with Crippen LogP contribution in [0.2, 0.25) is 0 Å². The van der Waals surface area contributed by atoms with Crippen molar-refractivity contribution in [1.82, 2.24) is 10.6 Å². The summed E-state index contributed by atoms with van der Waals surface area (Å²) in [7, 11) is 0. The van der Waals surface area contributed by atoms with Gasteiger partial charge in [-0.05, 0) is 47.4 Å². The van der Waals surface area contributed by atoms with Crippen molar-refractivity contribution in [3.05, 3.63) is 59.7 Å². The van der Waals surface area contributed by atoms with Gasteiger partial charge < -0.3 is 20.5 Å². The molecular formula is C26H28N2O5. The molecule has 4 atom stereocenters. The largest absolute Gasteiger partial charge is 0.481 e. The fourth-order valence-corrected chi connectivity index (χ4v) is 5.59. The van der Waals surface area contributed by atoms with E-state index in [9.17, 15) is 19.5 Å². The van der Waals surface area contributed by atoms with E-state index in [-0.39, 0.29) is 36.9 Å². The molecule has 7 nitrogen and oxygen atoms in total. The van der Waals surface area contributed by atoms with Gasteiger partial charge in [0, 0.05) is 18.5 Å². The van der Waals surface area contributed by atoms with Crippen LogP contribution in [0.25, 0.3) is 11.1 Å². The van der Waals surface area contributed by atoms with Crippen LogP contribution in [-0.2, 0) is 14.3 Å². The Morgan fingerprint density at radius 3 is 2.30 bits per heavy atom. The fraction of sp³-hybridized carbons (Fsp3) is 0.423. The Kier molecular flexibility index (Phi) is 5.35. The van der Waals surface area contributed by atoms with Crippen molar-refractivity contribution in [2.24, 2.45) is 17.3 Å². The van der Waals surface area contributed by atoms with E-state index in [1.165, 1.54) is 11.1 Å². The molecule has 7 heteroatoms. The van der Waals surface area contributed by atoms with Gasteiger partial charge in [0.15, 0.2) is 0 Å². The summed E-state index contributed by atoms with van der Waals surface area (Å²) in [4.78, 5) is 36.3. The number of fused-ring (bicyclic) bond motifs is 4. The van der Waals surface area contributed by atoms with Gasteiger partial charge in [-0.25, -0.2) is 4.79 Å². The number of benzene rings is 2. The van der Waals surface area contributed by atoms with E-state index in [0.717, 1.165) is 11.1 Å². The van der Waals surface area contributed by atoms with Gasteiger partial charge in [-0.2, -0.15) is 0 Å². The third-order valence-corrected chi connectivity index (χ3v) is 7.53. The number of carboxylic acid groups (broad SMARTS) is 1. The Morgan fingerprint density at radius 2 is 1.70 bits per heavy atom. The van der Waals surface area contributed by atoms with E-state index in [1.54, 1.807) is 6.92 Å². The molecule has 3 aliphatic carbocycles. The normalized spacial score (nSPS) is 25.4. The zero-order valence-corrected chi connectivity index (χ0v) is 18.5. The first-order valence-corrected chi connectivity index (χ1v) is 11.5. The smallest absolute Gasteiger partial charge is 0.407 e. The Labute approximate surface area is 192 Å². The predicted octanol–water partition coefficient (Wildman–Crippen LogP) is 3.53. The van der Waals surface area contributed by atoms with Crippen LogP contribution in [-0.4, -0.2) is 42.3 Å². The molecule has 2 fully saturated rings. The molecule has 5 rings (SSSR count). The van der Waals surface area contributed by atoms with E-state index in [4.69, 9.17) is 4.74 Å². The number of nitrogens with one attached hydrogen (secondary N) is 2. The lowest BCUT2D eigenvalue weighted by molar-refractivity contribution is -0.144. The molecule has 172 valence electrons. The summed E-state index contributed by atoms with van der Waals surface area (Å²) in [6.07, 6.45) is 1.37. The number of carbonyl (C=O) groups is 3. The Bertz CT molecular complexity index is 1070. The van der Waals surface area contributed by atoms with E-state index >= 15 is 0 Å². The molecule has 3 N–H and O–H groups in total. The van der Waals surface area contributed by atoms with Gasteiger partial charge in [-0.15, -0.1) is 0 Å². The molecule has 2 saturated carbocycles. The molecule has 2 amide bonds. The van der Waals surface area contributed by atoms with Crippen molar-refractivity contribution < 1.29 is 24.2 Å². The van der Waals surface area contributed by atoms with E-state index in [1.807, 2.05) is 24.3 Å². The summed E-state index contributed by atoms with van der Waals surface area (Å²) < 4.78 is 5.52. The third-order valence-electron chi connectivity index (χ3n) is 7.53. The van der Waals surface area contributed by atoms with Gasteiger partial charge in [-0.3, -0.25) is 9.59 Å². The minimum absolute atomic E-state index is 0.0146. The molecular weight excluding hydrogens is 420 g/mol. The molecule has 1 unspecified atom stereocenters. The zero-order chi connectivity index (χ0) is 23.2. The number of alkyl carbamates (subject to hydrolysis) is 1. The molecule has 0 aliphatic heterocycles. The number of aliphatic carboxylic acids is 1. The maximum atomic E-state index is 12.5. The summed E-state index contributed by atoms with van der Waals surface area (Å²) in [5.74, 6) is -1.22. The minimum Gasteiger partial charge on any atom is -0.481 e. The second kappa shape index (κ2) is 8.21. The van der Waals surface area contributed by atoms with Crippen molar-refractivity contribution in [3.8, 4) is 11.1 Å². The van der Waals surface area contributed by atoms with Gasteiger partial charge in [0.1, 0.15) is 6.61 Å². The highest BCUT2D eigenvalue weighted by Gasteiger charge is 2.65. The number of rotatable bonds is 7. The van der Waals surface area contributed by atoms with Gasteiger partial charge in [0.2, 0.25) is 5.91 Å². The van der Waals surface area contributed by atoms with Crippen molar-refractivity contribution in [2.75, 3.05) is 13.2 Å². The lowest BCUT2D eigenvalue weighted by atomic mass is 9.98. The molecule has 2 aromatic rings. The third kappa shape index (κ3) is 3.86. The number of carbonyl (C=O) groups excluding carboxylic acids is 2. The minimum atomic E-state index is -0.755. The average molecular weight is 449 g/mol. The number of amides is 2. The molecule has 0 heterocycles. The van der Waals surface area contributed by atoms with Crippen molar-refractivity contribution in [3.63, 3.8) is 0 Å². The summed E-state index contributed by atoms with van der Waals surface area (Å²) in [6.45, 7) is 2.12. The molecule has 33 heavy (non-hydrogen) atoms. The highest BCUT2D eigenvalue weighted by atomic mass is 16.5. The predicted molar refractivity (Wildman–Crippen MR) is 122 cm³/mol.